The minimum atomic E-state index is -0.0853. The molecule has 29 heavy (non-hydrogen) atoms. The SMILES string of the molecule is CCNC(=NCC1CCCOC1c1ccccc1)N1CCCC(C(=O)OCC)C1. The van der Waals surface area contributed by atoms with Crippen molar-refractivity contribution in [3.05, 3.63) is 35.9 Å². The number of carbonyl (C=O) groups excluding carboxylic acids is 1. The first-order valence-corrected chi connectivity index (χ1v) is 11.1. The quantitative estimate of drug-likeness (QED) is 0.450. The van der Waals surface area contributed by atoms with Gasteiger partial charge in [-0.25, -0.2) is 0 Å². The van der Waals surface area contributed by atoms with Crippen LogP contribution < -0.4 is 5.32 Å². The van der Waals surface area contributed by atoms with E-state index >= 15 is 0 Å². The number of hydrogen-bond acceptors (Lipinski definition) is 4. The lowest BCUT2D eigenvalue weighted by atomic mass is 9.89. The normalized spacial score (nSPS) is 25.5. The van der Waals surface area contributed by atoms with Gasteiger partial charge in [-0.05, 0) is 45.1 Å². The summed E-state index contributed by atoms with van der Waals surface area (Å²) in [7, 11) is 0. The predicted molar refractivity (Wildman–Crippen MR) is 115 cm³/mol. The summed E-state index contributed by atoms with van der Waals surface area (Å²) < 4.78 is 11.4. The van der Waals surface area contributed by atoms with E-state index in [2.05, 4.69) is 41.4 Å². The molecule has 3 atom stereocenters. The van der Waals surface area contributed by atoms with Crippen molar-refractivity contribution in [2.75, 3.05) is 39.4 Å². The van der Waals surface area contributed by atoms with E-state index in [1.54, 1.807) is 0 Å². The van der Waals surface area contributed by atoms with E-state index in [0.717, 1.165) is 57.9 Å². The van der Waals surface area contributed by atoms with Crippen molar-refractivity contribution < 1.29 is 14.3 Å². The summed E-state index contributed by atoms with van der Waals surface area (Å²) in [6, 6.07) is 10.5. The summed E-state index contributed by atoms with van der Waals surface area (Å²) in [5.74, 6) is 1.12. The first-order chi connectivity index (χ1) is 14.2. The zero-order valence-corrected chi connectivity index (χ0v) is 17.8. The highest BCUT2D eigenvalue weighted by molar-refractivity contribution is 5.81. The van der Waals surface area contributed by atoms with E-state index < -0.39 is 0 Å². The minimum absolute atomic E-state index is 0.0670. The monoisotopic (exact) mass is 401 g/mol. The number of aliphatic imine (C=N–C) groups is 1. The first kappa shape index (κ1) is 21.6. The number of likely N-dealkylation sites (tertiary alicyclic amines) is 1. The molecule has 1 N–H and O–H groups in total. The fourth-order valence-electron chi connectivity index (χ4n) is 4.29. The predicted octanol–water partition coefficient (Wildman–Crippen LogP) is 3.39. The molecule has 160 valence electrons. The number of nitrogens with one attached hydrogen (secondary N) is 1. The van der Waals surface area contributed by atoms with Gasteiger partial charge in [0.2, 0.25) is 0 Å². The number of rotatable bonds is 6. The highest BCUT2D eigenvalue weighted by atomic mass is 16.5. The molecule has 0 radical (unpaired) electrons. The van der Waals surface area contributed by atoms with Gasteiger partial charge < -0.3 is 19.7 Å². The summed E-state index contributed by atoms with van der Waals surface area (Å²) in [6.45, 7) is 8.32. The van der Waals surface area contributed by atoms with Gasteiger partial charge in [0.05, 0.1) is 18.6 Å². The van der Waals surface area contributed by atoms with Crippen LogP contribution in [-0.2, 0) is 14.3 Å². The summed E-state index contributed by atoms with van der Waals surface area (Å²) >= 11 is 0. The molecule has 2 fully saturated rings. The van der Waals surface area contributed by atoms with Crippen molar-refractivity contribution in [2.45, 2.75) is 45.6 Å². The zero-order chi connectivity index (χ0) is 20.5. The molecule has 0 bridgehead atoms. The Labute approximate surface area is 174 Å². The van der Waals surface area contributed by atoms with Crippen LogP contribution in [0, 0.1) is 11.8 Å². The second kappa shape index (κ2) is 11.2. The number of nitrogens with zero attached hydrogens (tertiary/aromatic N) is 2. The molecule has 1 aromatic rings. The van der Waals surface area contributed by atoms with Crippen LogP contribution >= 0.6 is 0 Å². The van der Waals surface area contributed by atoms with Crippen molar-refractivity contribution >= 4 is 11.9 Å². The van der Waals surface area contributed by atoms with Gasteiger partial charge in [0.1, 0.15) is 0 Å². The smallest absolute Gasteiger partial charge is 0.310 e. The van der Waals surface area contributed by atoms with Crippen LogP contribution in [0.1, 0.15) is 51.2 Å². The Bertz CT molecular complexity index is 665. The zero-order valence-electron chi connectivity index (χ0n) is 17.8. The minimum Gasteiger partial charge on any atom is -0.466 e. The number of benzene rings is 1. The van der Waals surface area contributed by atoms with E-state index in [1.807, 2.05) is 13.0 Å². The molecule has 2 heterocycles. The lowest BCUT2D eigenvalue weighted by Gasteiger charge is -2.35. The molecule has 2 aliphatic rings. The Balaban J connectivity index is 1.68. The number of carbonyl (C=O) groups is 1. The third kappa shape index (κ3) is 5.95. The van der Waals surface area contributed by atoms with Crippen molar-refractivity contribution in [1.29, 1.82) is 0 Å². The van der Waals surface area contributed by atoms with Gasteiger partial charge in [-0.3, -0.25) is 9.79 Å². The maximum atomic E-state index is 12.2. The highest BCUT2D eigenvalue weighted by Crippen LogP contribution is 2.33. The summed E-state index contributed by atoms with van der Waals surface area (Å²) in [4.78, 5) is 19.4. The largest absolute Gasteiger partial charge is 0.466 e. The molecular formula is C23H35N3O3. The molecule has 3 rings (SSSR count). The van der Waals surface area contributed by atoms with E-state index in [0.29, 0.717) is 19.1 Å². The molecule has 2 aliphatic heterocycles. The highest BCUT2D eigenvalue weighted by Gasteiger charge is 2.30. The van der Waals surface area contributed by atoms with Gasteiger partial charge in [0.15, 0.2) is 5.96 Å². The molecule has 0 aliphatic carbocycles. The Morgan fingerprint density at radius 3 is 2.83 bits per heavy atom. The fourth-order valence-corrected chi connectivity index (χ4v) is 4.29. The van der Waals surface area contributed by atoms with E-state index in [9.17, 15) is 4.79 Å². The molecule has 0 spiro atoms. The third-order valence-electron chi connectivity index (χ3n) is 5.72. The topological polar surface area (TPSA) is 63.2 Å². The Morgan fingerprint density at radius 1 is 1.24 bits per heavy atom. The summed E-state index contributed by atoms with van der Waals surface area (Å²) in [6.07, 6.45) is 4.17. The average Bonchev–Trinajstić information content (AvgIpc) is 2.78. The van der Waals surface area contributed by atoms with E-state index in [1.165, 1.54) is 5.56 Å². The Kier molecular flexibility index (Phi) is 8.35. The van der Waals surface area contributed by atoms with Gasteiger partial charge in [-0.1, -0.05) is 30.3 Å². The molecule has 6 heteroatoms. The number of guanidine groups is 1. The standard InChI is InChI=1S/C23H35N3O3/c1-3-24-23(26-14-8-12-20(17-26)22(27)28-4-2)25-16-19-13-9-15-29-21(19)18-10-6-5-7-11-18/h5-7,10-11,19-21H,3-4,8-9,12-17H2,1-2H3,(H,24,25). The van der Waals surface area contributed by atoms with Crippen LogP contribution in [0.3, 0.4) is 0 Å². The van der Waals surface area contributed by atoms with E-state index in [4.69, 9.17) is 14.5 Å². The van der Waals surface area contributed by atoms with Gasteiger partial charge in [0, 0.05) is 38.7 Å². The maximum Gasteiger partial charge on any atom is 0.310 e. The van der Waals surface area contributed by atoms with Gasteiger partial charge >= 0.3 is 5.97 Å². The molecule has 0 aromatic heterocycles. The second-order valence-corrected chi connectivity index (χ2v) is 7.84. The molecule has 1 aromatic carbocycles. The van der Waals surface area contributed by atoms with Crippen LogP contribution in [0.4, 0.5) is 0 Å². The molecular weight excluding hydrogens is 366 g/mol. The van der Waals surface area contributed by atoms with E-state index in [-0.39, 0.29) is 18.0 Å². The van der Waals surface area contributed by atoms with Crippen LogP contribution in [0.2, 0.25) is 0 Å². The number of piperidine rings is 1. The molecule has 0 amide bonds. The van der Waals surface area contributed by atoms with Gasteiger partial charge in [-0.15, -0.1) is 0 Å². The number of ether oxygens (including phenoxy) is 2. The van der Waals surface area contributed by atoms with Gasteiger partial charge in [-0.2, -0.15) is 0 Å². The first-order valence-electron chi connectivity index (χ1n) is 11.1. The molecule has 6 nitrogen and oxygen atoms in total. The number of hydrogen-bond donors (Lipinski definition) is 1. The van der Waals surface area contributed by atoms with Crippen LogP contribution in [-0.4, -0.2) is 56.2 Å². The van der Waals surface area contributed by atoms with Crippen molar-refractivity contribution in [2.24, 2.45) is 16.8 Å². The fraction of sp³-hybridized carbons (Fsp3) is 0.652. The molecule has 2 saturated heterocycles. The Morgan fingerprint density at radius 2 is 2.07 bits per heavy atom. The summed E-state index contributed by atoms with van der Waals surface area (Å²) in [5.41, 5.74) is 1.23. The van der Waals surface area contributed by atoms with Crippen molar-refractivity contribution in [3.8, 4) is 0 Å². The van der Waals surface area contributed by atoms with Crippen molar-refractivity contribution in [1.82, 2.24) is 10.2 Å². The van der Waals surface area contributed by atoms with Gasteiger partial charge in [0.25, 0.3) is 0 Å². The van der Waals surface area contributed by atoms with Crippen molar-refractivity contribution in [3.63, 3.8) is 0 Å². The maximum absolute atomic E-state index is 12.2. The van der Waals surface area contributed by atoms with Crippen LogP contribution in [0.25, 0.3) is 0 Å². The Hall–Kier alpha value is -2.08. The summed E-state index contributed by atoms with van der Waals surface area (Å²) in [5, 5.41) is 3.42. The average molecular weight is 402 g/mol. The number of esters is 1. The van der Waals surface area contributed by atoms with Crippen LogP contribution in [0.15, 0.2) is 35.3 Å². The third-order valence-corrected chi connectivity index (χ3v) is 5.72. The lowest BCUT2D eigenvalue weighted by Crippen LogP contribution is -2.48. The lowest BCUT2D eigenvalue weighted by molar-refractivity contribution is -0.149. The molecule has 3 unspecified atom stereocenters. The van der Waals surface area contributed by atoms with Crippen LogP contribution in [0.5, 0.6) is 0 Å². The molecule has 0 saturated carbocycles. The second-order valence-electron chi connectivity index (χ2n) is 7.84.